The molecule has 140 valence electrons. The lowest BCUT2D eigenvalue weighted by Crippen LogP contribution is -2.46. The molecular weight excluding hydrogens is 373 g/mol. The first-order chi connectivity index (χ1) is 10.1. The number of likely N-dealkylation sites (N-methyl/N-ethyl adjacent to an activating group) is 1. The molecule has 1 fully saturated rings. The number of nitrogens with two attached hydrogens (primary N) is 1. The number of piperazine rings is 1. The van der Waals surface area contributed by atoms with Crippen molar-refractivity contribution in [3.63, 3.8) is 0 Å². The van der Waals surface area contributed by atoms with Gasteiger partial charge in [0.05, 0.1) is 6.04 Å². The summed E-state index contributed by atoms with van der Waals surface area (Å²) in [6.45, 7) is 9.65. The molecule has 2 heterocycles. The fourth-order valence-corrected chi connectivity index (χ4v) is 2.35. The fraction of sp³-hybridized carbons (Fsp3) is 0.600. The molecule has 6 nitrogen and oxygen atoms in total. The molecule has 1 aliphatic heterocycles. The first kappa shape index (κ1) is 25.5. The van der Waals surface area contributed by atoms with E-state index in [0.717, 1.165) is 44.1 Å². The summed E-state index contributed by atoms with van der Waals surface area (Å²) in [6.07, 6.45) is 1.82. The Balaban J connectivity index is 0. The van der Waals surface area contributed by atoms with Crippen LogP contribution in [0.2, 0.25) is 0 Å². The van der Waals surface area contributed by atoms with Crippen molar-refractivity contribution in [2.45, 2.75) is 26.4 Å². The summed E-state index contributed by atoms with van der Waals surface area (Å²) in [7, 11) is 0. The quantitative estimate of drug-likeness (QED) is 0.782. The third-order valence-electron chi connectivity index (χ3n) is 3.83. The summed E-state index contributed by atoms with van der Waals surface area (Å²) >= 11 is 0. The number of hydrogen-bond donors (Lipinski definition) is 2. The minimum atomic E-state index is -0.480. The van der Waals surface area contributed by atoms with E-state index in [9.17, 15) is 4.79 Å². The van der Waals surface area contributed by atoms with E-state index in [4.69, 9.17) is 5.73 Å². The summed E-state index contributed by atoms with van der Waals surface area (Å²) in [5, 5.41) is 2.79. The molecule has 1 atom stereocenters. The number of hydrogen-bond acceptors (Lipinski definition) is 5. The number of rotatable bonds is 5. The molecule has 1 aromatic heterocycles. The maximum Gasteiger partial charge on any atom is 0.236 e. The monoisotopic (exact) mass is 399 g/mol. The van der Waals surface area contributed by atoms with Gasteiger partial charge in [-0.3, -0.25) is 4.79 Å². The largest absolute Gasteiger partial charge is 0.354 e. The van der Waals surface area contributed by atoms with Crippen molar-refractivity contribution < 1.29 is 4.79 Å². The van der Waals surface area contributed by atoms with E-state index in [1.54, 1.807) is 6.92 Å². The minimum Gasteiger partial charge on any atom is -0.354 e. The SMILES string of the molecule is CCN1CCN(c2ccc(CNC(=O)[C@@H](C)N)cn2)CC1.Cl.Cl.Cl. The molecule has 24 heavy (non-hydrogen) atoms. The molecule has 9 heteroatoms. The van der Waals surface area contributed by atoms with Crippen molar-refractivity contribution in [2.75, 3.05) is 37.6 Å². The molecule has 0 aliphatic carbocycles. The van der Waals surface area contributed by atoms with Gasteiger partial charge in [-0.05, 0) is 25.1 Å². The molecule has 0 aromatic carbocycles. The first-order valence-electron chi connectivity index (χ1n) is 7.55. The van der Waals surface area contributed by atoms with Crippen LogP contribution in [0.1, 0.15) is 19.4 Å². The van der Waals surface area contributed by atoms with Crippen LogP contribution >= 0.6 is 37.2 Å². The Labute approximate surface area is 162 Å². The second-order valence-corrected chi connectivity index (χ2v) is 5.45. The van der Waals surface area contributed by atoms with Crippen molar-refractivity contribution >= 4 is 48.9 Å². The highest BCUT2D eigenvalue weighted by molar-refractivity contribution is 5.86. The van der Waals surface area contributed by atoms with Gasteiger partial charge in [0.15, 0.2) is 0 Å². The highest BCUT2D eigenvalue weighted by Gasteiger charge is 2.16. The Hall–Kier alpha value is -0.790. The van der Waals surface area contributed by atoms with E-state index in [0.29, 0.717) is 6.54 Å². The summed E-state index contributed by atoms with van der Waals surface area (Å²) in [4.78, 5) is 20.7. The second kappa shape index (κ2) is 12.6. The Kier molecular flexibility index (Phi) is 13.3. The highest BCUT2D eigenvalue weighted by atomic mass is 35.5. The lowest BCUT2D eigenvalue weighted by Gasteiger charge is -2.34. The van der Waals surface area contributed by atoms with Gasteiger partial charge in [-0.15, -0.1) is 37.2 Å². The van der Waals surface area contributed by atoms with Crippen LogP contribution in [0.15, 0.2) is 18.3 Å². The fourth-order valence-electron chi connectivity index (χ4n) is 2.35. The number of nitrogens with zero attached hydrogens (tertiary/aromatic N) is 3. The number of halogens is 3. The highest BCUT2D eigenvalue weighted by Crippen LogP contribution is 2.14. The summed E-state index contributed by atoms with van der Waals surface area (Å²) < 4.78 is 0. The zero-order valence-electron chi connectivity index (χ0n) is 14.1. The smallest absolute Gasteiger partial charge is 0.236 e. The number of pyridine rings is 1. The zero-order chi connectivity index (χ0) is 15.2. The van der Waals surface area contributed by atoms with Crippen LogP contribution in [0.4, 0.5) is 5.82 Å². The average Bonchev–Trinajstić information content (AvgIpc) is 2.53. The number of carbonyl (C=O) groups is 1. The van der Waals surface area contributed by atoms with Gasteiger partial charge in [0.25, 0.3) is 0 Å². The molecule has 0 unspecified atom stereocenters. The van der Waals surface area contributed by atoms with Crippen LogP contribution in [0.5, 0.6) is 0 Å². The summed E-state index contributed by atoms with van der Waals surface area (Å²) in [5.41, 5.74) is 6.49. The standard InChI is InChI=1S/C15H25N5O.3ClH/c1-3-19-6-8-20(9-7-19)14-5-4-13(10-17-14)11-18-15(21)12(2)16;;;/h4-5,10,12H,3,6-9,11,16H2,1-2H3,(H,18,21);3*1H/t12-;;;/m1.../s1. The Morgan fingerprint density at radius 3 is 2.33 bits per heavy atom. The topological polar surface area (TPSA) is 74.5 Å². The van der Waals surface area contributed by atoms with E-state index in [-0.39, 0.29) is 43.1 Å². The predicted octanol–water partition coefficient (Wildman–Crippen LogP) is 1.45. The van der Waals surface area contributed by atoms with Crippen LogP contribution in [-0.4, -0.2) is 54.6 Å². The van der Waals surface area contributed by atoms with Crippen LogP contribution in [0.3, 0.4) is 0 Å². The minimum absolute atomic E-state index is 0. The van der Waals surface area contributed by atoms with Crippen molar-refractivity contribution in [3.05, 3.63) is 23.9 Å². The van der Waals surface area contributed by atoms with Crippen molar-refractivity contribution in [2.24, 2.45) is 5.73 Å². The average molecular weight is 401 g/mol. The Bertz CT molecular complexity index is 465. The lowest BCUT2D eigenvalue weighted by atomic mass is 10.2. The molecular formula is C15H28Cl3N5O. The molecule has 1 aromatic rings. The lowest BCUT2D eigenvalue weighted by molar-refractivity contribution is -0.122. The van der Waals surface area contributed by atoms with Crippen LogP contribution < -0.4 is 16.0 Å². The van der Waals surface area contributed by atoms with E-state index in [2.05, 4.69) is 27.0 Å². The van der Waals surface area contributed by atoms with Crippen LogP contribution in [0, 0.1) is 0 Å². The Morgan fingerprint density at radius 2 is 1.88 bits per heavy atom. The number of amides is 1. The second-order valence-electron chi connectivity index (χ2n) is 5.45. The molecule has 0 radical (unpaired) electrons. The molecule has 0 spiro atoms. The number of aromatic nitrogens is 1. The normalized spacial score (nSPS) is 15.4. The van der Waals surface area contributed by atoms with Crippen molar-refractivity contribution in [1.82, 2.24) is 15.2 Å². The Morgan fingerprint density at radius 1 is 1.25 bits per heavy atom. The maximum absolute atomic E-state index is 11.4. The molecule has 1 aliphatic rings. The van der Waals surface area contributed by atoms with E-state index < -0.39 is 6.04 Å². The molecule has 0 bridgehead atoms. The van der Waals surface area contributed by atoms with Gasteiger partial charge in [-0.2, -0.15) is 0 Å². The molecule has 2 rings (SSSR count). The first-order valence-corrected chi connectivity index (χ1v) is 7.55. The van der Waals surface area contributed by atoms with Gasteiger partial charge in [-0.25, -0.2) is 4.98 Å². The predicted molar refractivity (Wildman–Crippen MR) is 106 cm³/mol. The molecule has 0 saturated carbocycles. The van der Waals surface area contributed by atoms with Gasteiger partial charge in [0.1, 0.15) is 5.82 Å². The van der Waals surface area contributed by atoms with Gasteiger partial charge < -0.3 is 20.9 Å². The van der Waals surface area contributed by atoms with Crippen molar-refractivity contribution in [1.29, 1.82) is 0 Å². The van der Waals surface area contributed by atoms with Gasteiger partial charge >= 0.3 is 0 Å². The van der Waals surface area contributed by atoms with Crippen molar-refractivity contribution in [3.8, 4) is 0 Å². The molecule has 3 N–H and O–H groups in total. The van der Waals surface area contributed by atoms with E-state index in [1.807, 2.05) is 18.3 Å². The van der Waals surface area contributed by atoms with E-state index >= 15 is 0 Å². The zero-order valence-corrected chi connectivity index (χ0v) is 16.6. The number of anilines is 1. The molecule has 1 amide bonds. The number of carbonyl (C=O) groups excluding carboxylic acids is 1. The maximum atomic E-state index is 11.4. The van der Waals surface area contributed by atoms with Crippen LogP contribution in [-0.2, 0) is 11.3 Å². The molecule has 1 saturated heterocycles. The third kappa shape index (κ3) is 7.40. The van der Waals surface area contributed by atoms with Gasteiger partial charge in [0, 0.05) is 38.9 Å². The van der Waals surface area contributed by atoms with Gasteiger partial charge in [-0.1, -0.05) is 13.0 Å². The third-order valence-corrected chi connectivity index (χ3v) is 3.83. The number of nitrogens with one attached hydrogen (secondary N) is 1. The van der Waals surface area contributed by atoms with Gasteiger partial charge in [0.2, 0.25) is 5.91 Å². The van der Waals surface area contributed by atoms with E-state index in [1.165, 1.54) is 0 Å². The summed E-state index contributed by atoms with van der Waals surface area (Å²) in [5.74, 6) is 0.864. The van der Waals surface area contributed by atoms with Crippen LogP contribution in [0.25, 0.3) is 0 Å². The summed E-state index contributed by atoms with van der Waals surface area (Å²) in [6, 6.07) is 3.55.